The van der Waals surface area contributed by atoms with Gasteiger partial charge in [-0.05, 0) is 68.0 Å². The molecule has 1 aliphatic heterocycles. The number of carbonyl (C=O) groups excluding carboxylic acids is 2. The van der Waals surface area contributed by atoms with Crippen LogP contribution in [0.3, 0.4) is 0 Å². The van der Waals surface area contributed by atoms with E-state index in [1.54, 1.807) is 11.0 Å². The second-order valence-corrected chi connectivity index (χ2v) is 9.33. The number of carbonyl (C=O) groups is 2. The Morgan fingerprint density at radius 2 is 1.69 bits per heavy atom. The molecule has 4 rings (SSSR count). The highest BCUT2D eigenvalue weighted by Crippen LogP contribution is 2.36. The second-order valence-electron chi connectivity index (χ2n) is 9.33. The minimum Gasteiger partial charge on any atom is -0.345 e. The molecule has 2 amide bonds. The molecule has 0 fully saturated rings. The maximum atomic E-state index is 13.7. The van der Waals surface area contributed by atoms with Gasteiger partial charge in [0.2, 0.25) is 11.8 Å². The monoisotopic (exact) mass is 486 g/mol. The van der Waals surface area contributed by atoms with Gasteiger partial charge in [-0.15, -0.1) is 0 Å². The Kier molecular flexibility index (Phi) is 7.90. The molecule has 6 nitrogen and oxygen atoms in total. The van der Waals surface area contributed by atoms with Crippen molar-refractivity contribution in [2.45, 2.75) is 18.8 Å². The Bertz CT molecular complexity index is 1260. The molecule has 1 aliphatic rings. The quantitative estimate of drug-likeness (QED) is 0.449. The number of fused-ring (bicyclic) bond motifs is 1. The number of likely N-dealkylation sites (N-methyl/N-ethyl adjacent to an activating group) is 1. The van der Waals surface area contributed by atoms with Gasteiger partial charge < -0.3 is 15.1 Å². The molecule has 1 heterocycles. The van der Waals surface area contributed by atoms with Gasteiger partial charge in [0.1, 0.15) is 11.7 Å². The summed E-state index contributed by atoms with van der Waals surface area (Å²) in [5.74, 6) is -1.22. The van der Waals surface area contributed by atoms with E-state index in [1.165, 1.54) is 12.1 Å². The lowest BCUT2D eigenvalue weighted by atomic mass is 9.90. The minimum absolute atomic E-state index is 0.0708. The molecule has 0 aromatic heterocycles. The van der Waals surface area contributed by atoms with Crippen LogP contribution in [0.4, 0.5) is 15.8 Å². The van der Waals surface area contributed by atoms with Crippen molar-refractivity contribution < 1.29 is 14.0 Å². The molecule has 0 aliphatic carbocycles. The topological polar surface area (TPSA) is 65.0 Å². The number of nitrogens with one attached hydrogen (secondary N) is 1. The smallest absolute Gasteiger partial charge is 0.238 e. The molecule has 0 saturated carbocycles. The fourth-order valence-electron chi connectivity index (χ4n) is 4.30. The van der Waals surface area contributed by atoms with E-state index < -0.39 is 11.7 Å². The summed E-state index contributed by atoms with van der Waals surface area (Å²) >= 11 is 0. The first-order valence-electron chi connectivity index (χ1n) is 12.0. The van der Waals surface area contributed by atoms with Crippen LogP contribution in [0.1, 0.15) is 29.0 Å². The van der Waals surface area contributed by atoms with Gasteiger partial charge in [-0.1, -0.05) is 48.5 Å². The summed E-state index contributed by atoms with van der Waals surface area (Å²) in [7, 11) is 5.87. The van der Waals surface area contributed by atoms with Gasteiger partial charge in [-0.2, -0.15) is 0 Å². The first-order chi connectivity index (χ1) is 17.3. The van der Waals surface area contributed by atoms with Crippen LogP contribution >= 0.6 is 0 Å². The summed E-state index contributed by atoms with van der Waals surface area (Å²) in [6, 6.07) is 21.3. The third-order valence-electron chi connectivity index (χ3n) is 6.26. The van der Waals surface area contributed by atoms with E-state index in [0.717, 1.165) is 24.1 Å². The summed E-state index contributed by atoms with van der Waals surface area (Å²) in [6.45, 7) is 1.65. The number of hydrogen-bond acceptors (Lipinski definition) is 4. The predicted molar refractivity (Wildman–Crippen MR) is 141 cm³/mol. The van der Waals surface area contributed by atoms with Crippen LogP contribution in [0.2, 0.25) is 0 Å². The number of nitrogens with zero attached hydrogens (tertiary/aromatic N) is 3. The Morgan fingerprint density at radius 3 is 2.39 bits per heavy atom. The molecular formula is C29H31FN4O2. The van der Waals surface area contributed by atoms with Gasteiger partial charge in [0.25, 0.3) is 0 Å². The molecule has 1 atom stereocenters. The van der Waals surface area contributed by atoms with Crippen LogP contribution in [-0.4, -0.2) is 61.6 Å². The van der Waals surface area contributed by atoms with Gasteiger partial charge in [0.15, 0.2) is 0 Å². The van der Waals surface area contributed by atoms with E-state index in [2.05, 4.69) is 10.2 Å². The third kappa shape index (κ3) is 6.04. The normalized spacial score (nSPS) is 15.1. The average molecular weight is 487 g/mol. The maximum Gasteiger partial charge on any atom is 0.238 e. The molecule has 3 aromatic rings. The Morgan fingerprint density at radius 1 is 0.972 bits per heavy atom. The van der Waals surface area contributed by atoms with Crippen molar-refractivity contribution in [3.63, 3.8) is 0 Å². The van der Waals surface area contributed by atoms with Crippen LogP contribution in [0.15, 0.2) is 77.8 Å². The lowest BCUT2D eigenvalue weighted by Gasteiger charge is -2.18. The molecule has 0 bridgehead atoms. The molecule has 1 N–H and O–H groups in total. The van der Waals surface area contributed by atoms with Crippen molar-refractivity contribution in [1.82, 2.24) is 9.80 Å². The molecule has 36 heavy (non-hydrogen) atoms. The zero-order valence-electron chi connectivity index (χ0n) is 20.9. The number of rotatable bonds is 9. The lowest BCUT2D eigenvalue weighted by Crippen LogP contribution is -2.30. The van der Waals surface area contributed by atoms with Crippen molar-refractivity contribution in [2.75, 3.05) is 39.5 Å². The van der Waals surface area contributed by atoms with Gasteiger partial charge >= 0.3 is 0 Å². The molecule has 7 heteroatoms. The van der Waals surface area contributed by atoms with Crippen molar-refractivity contribution in [2.24, 2.45) is 4.99 Å². The Hall–Kier alpha value is -3.84. The SMILES string of the molecule is CN(C)CCCN(C)C(=O)Cc1ccc(N=C(c2ccccc2)C2C(=O)Nc3cc(F)ccc32)cc1. The minimum atomic E-state index is -0.653. The van der Waals surface area contributed by atoms with E-state index in [9.17, 15) is 14.0 Å². The zero-order chi connectivity index (χ0) is 25.7. The molecule has 1 unspecified atom stereocenters. The zero-order valence-corrected chi connectivity index (χ0v) is 20.9. The summed E-state index contributed by atoms with van der Waals surface area (Å²) < 4.78 is 13.7. The highest BCUT2D eigenvalue weighted by atomic mass is 19.1. The first kappa shape index (κ1) is 25.3. The van der Waals surface area contributed by atoms with Crippen LogP contribution in [0, 0.1) is 5.82 Å². The molecule has 186 valence electrons. The van der Waals surface area contributed by atoms with E-state index in [4.69, 9.17) is 4.99 Å². The second kappa shape index (κ2) is 11.3. The van der Waals surface area contributed by atoms with Crippen LogP contribution in [0.25, 0.3) is 0 Å². The van der Waals surface area contributed by atoms with Gasteiger partial charge in [-0.3, -0.25) is 14.6 Å². The average Bonchev–Trinajstić information content (AvgIpc) is 3.18. The number of benzene rings is 3. The van der Waals surface area contributed by atoms with E-state index in [-0.39, 0.29) is 11.8 Å². The standard InChI is InChI=1S/C29H31FN4O2/c1-33(2)16-7-17-34(3)26(35)18-20-10-13-23(14-11-20)31-28(21-8-5-4-6-9-21)27-24-15-12-22(30)19-25(24)32-29(27)36/h4-6,8-15,19,27H,7,16-18H2,1-3H3,(H,32,36). The number of anilines is 1. The number of aliphatic imine (C=N–C) groups is 1. The van der Waals surface area contributed by atoms with Crippen LogP contribution in [-0.2, 0) is 16.0 Å². The van der Waals surface area contributed by atoms with Crippen molar-refractivity contribution >= 4 is 28.9 Å². The van der Waals surface area contributed by atoms with Crippen LogP contribution < -0.4 is 5.32 Å². The molecule has 0 radical (unpaired) electrons. The fourth-order valence-corrected chi connectivity index (χ4v) is 4.30. The number of hydrogen-bond donors (Lipinski definition) is 1. The van der Waals surface area contributed by atoms with Crippen LogP contribution in [0.5, 0.6) is 0 Å². The predicted octanol–water partition coefficient (Wildman–Crippen LogP) is 4.64. The van der Waals surface area contributed by atoms with Crippen molar-refractivity contribution in [3.8, 4) is 0 Å². The van der Waals surface area contributed by atoms with E-state index >= 15 is 0 Å². The largest absolute Gasteiger partial charge is 0.345 e. The summed E-state index contributed by atoms with van der Waals surface area (Å²) in [5, 5.41) is 2.78. The Labute approximate surface area is 211 Å². The van der Waals surface area contributed by atoms with E-state index in [0.29, 0.717) is 35.6 Å². The Balaban J connectivity index is 1.56. The molecule has 3 aromatic carbocycles. The molecular weight excluding hydrogens is 455 g/mol. The maximum absolute atomic E-state index is 13.7. The first-order valence-corrected chi connectivity index (χ1v) is 12.0. The third-order valence-corrected chi connectivity index (χ3v) is 6.26. The summed E-state index contributed by atoms with van der Waals surface area (Å²) in [4.78, 5) is 34.3. The highest BCUT2D eigenvalue weighted by molar-refractivity contribution is 6.24. The number of halogens is 1. The molecule has 0 spiro atoms. The van der Waals surface area contributed by atoms with E-state index in [1.807, 2.05) is 75.7 Å². The van der Waals surface area contributed by atoms with Gasteiger partial charge in [0.05, 0.1) is 17.8 Å². The number of amides is 2. The van der Waals surface area contributed by atoms with Crippen molar-refractivity contribution in [3.05, 3.63) is 95.3 Å². The van der Waals surface area contributed by atoms with Crippen molar-refractivity contribution in [1.29, 1.82) is 0 Å². The lowest BCUT2D eigenvalue weighted by molar-refractivity contribution is -0.129. The fraction of sp³-hybridized carbons (Fsp3) is 0.276. The molecule has 0 saturated heterocycles. The highest BCUT2D eigenvalue weighted by Gasteiger charge is 2.35. The summed E-state index contributed by atoms with van der Waals surface area (Å²) in [6.07, 6.45) is 1.24. The van der Waals surface area contributed by atoms with Gasteiger partial charge in [0, 0.05) is 19.3 Å². The summed E-state index contributed by atoms with van der Waals surface area (Å²) in [5.41, 5.74) is 4.14. The van der Waals surface area contributed by atoms with Gasteiger partial charge in [-0.25, -0.2) is 4.39 Å².